The summed E-state index contributed by atoms with van der Waals surface area (Å²) in [6.45, 7) is 6.85. The second-order valence-corrected chi connectivity index (χ2v) is 8.10. The second-order valence-electron chi connectivity index (χ2n) is 5.94. The smallest absolute Gasteiger partial charge is 0.293 e. The van der Waals surface area contributed by atoms with Crippen molar-refractivity contribution in [1.82, 2.24) is 4.90 Å². The van der Waals surface area contributed by atoms with Crippen molar-refractivity contribution in [2.75, 3.05) is 19.8 Å². The van der Waals surface area contributed by atoms with Gasteiger partial charge in [-0.2, -0.15) is 0 Å². The molecule has 0 unspecified atom stereocenters. The molecule has 1 aromatic carbocycles. The van der Waals surface area contributed by atoms with Crippen molar-refractivity contribution in [2.24, 2.45) is 5.92 Å². The molecule has 0 saturated carbocycles. The minimum Gasteiger partial charge on any atom is -0.490 e. The lowest BCUT2D eigenvalue weighted by atomic mass is 10.1. The summed E-state index contributed by atoms with van der Waals surface area (Å²) in [4.78, 5) is 26.3. The standard InChI is InChI=1S/C19H20INO4S/c1-5-7-25-17-14(20)8-13(9-15(17)24-6-2)10-16-18(22)21(11-12(3)4)19(23)26-16/h1,8-10,12H,6-7,11H2,2-4H3/b16-10+. The van der Waals surface area contributed by atoms with Gasteiger partial charge in [-0.15, -0.1) is 6.42 Å². The molecule has 1 aromatic rings. The van der Waals surface area contributed by atoms with Crippen molar-refractivity contribution in [2.45, 2.75) is 20.8 Å². The van der Waals surface area contributed by atoms with Crippen LogP contribution in [0, 0.1) is 21.8 Å². The summed E-state index contributed by atoms with van der Waals surface area (Å²) >= 11 is 3.09. The zero-order valence-corrected chi connectivity index (χ0v) is 17.8. The van der Waals surface area contributed by atoms with Crippen LogP contribution in [-0.2, 0) is 4.79 Å². The maximum absolute atomic E-state index is 12.5. The molecule has 7 heteroatoms. The predicted molar refractivity (Wildman–Crippen MR) is 112 cm³/mol. The first-order valence-electron chi connectivity index (χ1n) is 8.15. The first kappa shape index (κ1) is 20.6. The van der Waals surface area contributed by atoms with E-state index in [0.717, 1.165) is 20.9 Å². The quantitative estimate of drug-likeness (QED) is 0.326. The van der Waals surface area contributed by atoms with Crippen molar-refractivity contribution in [3.05, 3.63) is 26.2 Å². The normalized spacial score (nSPS) is 15.7. The minimum absolute atomic E-state index is 0.142. The summed E-state index contributed by atoms with van der Waals surface area (Å²) in [7, 11) is 0. The summed E-state index contributed by atoms with van der Waals surface area (Å²) in [6, 6.07) is 3.65. The third-order valence-electron chi connectivity index (χ3n) is 3.35. The number of amides is 2. The zero-order chi connectivity index (χ0) is 19.3. The molecule has 2 rings (SSSR count). The number of rotatable bonds is 7. The molecule has 0 spiro atoms. The Balaban J connectivity index is 2.34. The highest BCUT2D eigenvalue weighted by Crippen LogP contribution is 2.37. The van der Waals surface area contributed by atoms with Gasteiger partial charge < -0.3 is 9.47 Å². The van der Waals surface area contributed by atoms with Crippen LogP contribution >= 0.6 is 34.4 Å². The number of hydrogen-bond acceptors (Lipinski definition) is 5. The fourth-order valence-electron chi connectivity index (χ4n) is 2.36. The number of ether oxygens (including phenoxy) is 2. The van der Waals surface area contributed by atoms with Gasteiger partial charge in [-0.1, -0.05) is 19.8 Å². The molecule has 5 nitrogen and oxygen atoms in total. The number of carbonyl (C=O) groups is 2. The Kier molecular flexibility index (Phi) is 7.41. The van der Waals surface area contributed by atoms with Crippen LogP contribution < -0.4 is 9.47 Å². The molecule has 0 aromatic heterocycles. The van der Waals surface area contributed by atoms with Gasteiger partial charge in [0.25, 0.3) is 11.1 Å². The van der Waals surface area contributed by atoms with Gasteiger partial charge in [-0.3, -0.25) is 14.5 Å². The highest BCUT2D eigenvalue weighted by Gasteiger charge is 2.35. The van der Waals surface area contributed by atoms with Gasteiger partial charge in [0.1, 0.15) is 6.61 Å². The van der Waals surface area contributed by atoms with Crippen molar-refractivity contribution in [3.8, 4) is 23.8 Å². The Bertz CT molecular complexity index is 782. The molecular weight excluding hydrogens is 465 g/mol. The van der Waals surface area contributed by atoms with Crippen LogP contribution in [0.3, 0.4) is 0 Å². The maximum atomic E-state index is 12.5. The second kappa shape index (κ2) is 9.33. The van der Waals surface area contributed by atoms with E-state index in [9.17, 15) is 9.59 Å². The van der Waals surface area contributed by atoms with Gasteiger partial charge in [0, 0.05) is 6.54 Å². The number of thioether (sulfide) groups is 1. The van der Waals surface area contributed by atoms with Crippen molar-refractivity contribution in [1.29, 1.82) is 0 Å². The van der Waals surface area contributed by atoms with Crippen molar-refractivity contribution >= 4 is 51.6 Å². The SMILES string of the molecule is C#CCOc1c(I)cc(/C=C2/SC(=O)N(CC(C)C)C2=O)cc1OCC. The average molecular weight is 485 g/mol. The van der Waals surface area contributed by atoms with Crippen molar-refractivity contribution < 1.29 is 19.1 Å². The maximum Gasteiger partial charge on any atom is 0.293 e. The van der Waals surface area contributed by atoms with Gasteiger partial charge in [0.05, 0.1) is 15.1 Å². The van der Waals surface area contributed by atoms with Gasteiger partial charge in [-0.25, -0.2) is 0 Å². The molecule has 0 radical (unpaired) electrons. The number of nitrogens with zero attached hydrogens (tertiary/aromatic N) is 1. The van der Waals surface area contributed by atoms with Crippen molar-refractivity contribution in [3.63, 3.8) is 0 Å². The van der Waals surface area contributed by atoms with Gasteiger partial charge in [0.15, 0.2) is 11.5 Å². The Labute approximate surface area is 171 Å². The van der Waals surface area contributed by atoms with E-state index in [1.165, 1.54) is 4.90 Å². The zero-order valence-electron chi connectivity index (χ0n) is 14.9. The summed E-state index contributed by atoms with van der Waals surface area (Å²) in [5, 5.41) is -0.233. The summed E-state index contributed by atoms with van der Waals surface area (Å²) in [6.07, 6.45) is 6.97. The Morgan fingerprint density at radius 3 is 2.69 bits per heavy atom. The Morgan fingerprint density at radius 2 is 2.08 bits per heavy atom. The number of imide groups is 1. The molecule has 26 heavy (non-hydrogen) atoms. The summed E-state index contributed by atoms with van der Waals surface area (Å²) < 4.78 is 12.0. The molecule has 2 amide bonds. The fourth-order valence-corrected chi connectivity index (χ4v) is 3.99. The van der Waals surface area contributed by atoms with Crippen LogP contribution in [0.5, 0.6) is 11.5 Å². The van der Waals surface area contributed by atoms with Crippen LogP contribution in [0.15, 0.2) is 17.0 Å². The Morgan fingerprint density at radius 1 is 1.35 bits per heavy atom. The molecule has 1 aliphatic rings. The molecule has 138 valence electrons. The van der Waals surface area contributed by atoms with Gasteiger partial charge in [0.2, 0.25) is 0 Å². The largest absolute Gasteiger partial charge is 0.490 e. The van der Waals surface area contributed by atoms with E-state index in [4.69, 9.17) is 15.9 Å². The lowest BCUT2D eigenvalue weighted by Gasteiger charge is -2.14. The highest BCUT2D eigenvalue weighted by molar-refractivity contribution is 14.1. The lowest BCUT2D eigenvalue weighted by Crippen LogP contribution is -2.31. The van der Waals surface area contributed by atoms with Crippen LogP contribution in [0.1, 0.15) is 26.3 Å². The average Bonchev–Trinajstić information content (AvgIpc) is 2.81. The van der Waals surface area contributed by atoms with E-state index in [2.05, 4.69) is 28.5 Å². The molecular formula is C19H20INO4S. The van der Waals surface area contributed by atoms with Crippen LogP contribution in [0.25, 0.3) is 6.08 Å². The third kappa shape index (κ3) is 4.95. The molecule has 0 N–H and O–H groups in total. The van der Waals surface area contributed by atoms with E-state index >= 15 is 0 Å². The summed E-state index contributed by atoms with van der Waals surface area (Å²) in [5.41, 5.74) is 0.765. The molecule has 1 saturated heterocycles. The van der Waals surface area contributed by atoms with Gasteiger partial charge >= 0.3 is 0 Å². The molecule has 1 heterocycles. The minimum atomic E-state index is -0.255. The van der Waals surface area contributed by atoms with Crippen LogP contribution in [0.4, 0.5) is 4.79 Å². The van der Waals surface area contributed by atoms with E-state index in [0.29, 0.717) is 29.6 Å². The molecule has 0 atom stereocenters. The van der Waals surface area contributed by atoms with Crippen LogP contribution in [-0.4, -0.2) is 35.8 Å². The molecule has 0 bridgehead atoms. The number of hydrogen-bond donors (Lipinski definition) is 0. The topological polar surface area (TPSA) is 55.8 Å². The lowest BCUT2D eigenvalue weighted by molar-refractivity contribution is -0.123. The molecule has 0 aliphatic carbocycles. The first-order valence-corrected chi connectivity index (χ1v) is 10.0. The fraction of sp³-hybridized carbons (Fsp3) is 0.368. The van der Waals surface area contributed by atoms with E-state index in [1.54, 1.807) is 12.1 Å². The van der Waals surface area contributed by atoms with Crippen LogP contribution in [0.2, 0.25) is 0 Å². The van der Waals surface area contributed by atoms with E-state index in [1.807, 2.05) is 26.8 Å². The number of terminal acetylenes is 1. The summed E-state index contributed by atoms with van der Waals surface area (Å²) in [5.74, 6) is 3.54. The Hall–Kier alpha value is -1.66. The number of carbonyl (C=O) groups excluding carboxylic acids is 2. The molecule has 1 aliphatic heterocycles. The highest BCUT2D eigenvalue weighted by atomic mass is 127. The van der Waals surface area contributed by atoms with Gasteiger partial charge in [-0.05, 0) is 71.0 Å². The van der Waals surface area contributed by atoms with E-state index < -0.39 is 0 Å². The molecule has 1 fully saturated rings. The number of benzene rings is 1. The third-order valence-corrected chi connectivity index (χ3v) is 5.06. The first-order chi connectivity index (χ1) is 12.4. The van der Waals surface area contributed by atoms with E-state index in [-0.39, 0.29) is 23.7 Å². The number of halogens is 1. The monoisotopic (exact) mass is 485 g/mol. The predicted octanol–water partition coefficient (Wildman–Crippen LogP) is 4.39.